The molecule has 1 aromatic heterocycles. The summed E-state index contributed by atoms with van der Waals surface area (Å²) in [5.74, 6) is -0.0891. The van der Waals surface area contributed by atoms with Crippen molar-refractivity contribution in [1.82, 2.24) is 10.0 Å². The molecule has 24 heavy (non-hydrogen) atoms. The van der Waals surface area contributed by atoms with Crippen LogP contribution >= 0.6 is 0 Å². The van der Waals surface area contributed by atoms with E-state index in [1.54, 1.807) is 13.3 Å². The average molecular weight is 324 g/mol. The average Bonchev–Trinajstić information content (AvgIpc) is 3.16. The van der Waals surface area contributed by atoms with Gasteiger partial charge in [0, 0.05) is 18.4 Å². The zero-order valence-electron chi connectivity index (χ0n) is 13.9. The Balaban J connectivity index is 1.76. The smallest absolute Gasteiger partial charge is 0.279 e. The largest absolute Gasteiger partial charge is 0.380 e. The molecule has 1 aliphatic carbocycles. The predicted octanol–water partition coefficient (Wildman–Crippen LogP) is 3.44. The van der Waals surface area contributed by atoms with Gasteiger partial charge in [-0.05, 0) is 42.7 Å². The van der Waals surface area contributed by atoms with E-state index >= 15 is 0 Å². The van der Waals surface area contributed by atoms with Crippen molar-refractivity contribution in [2.45, 2.75) is 38.3 Å². The Morgan fingerprint density at radius 3 is 2.83 bits per heavy atom. The Hall–Kier alpha value is -2.40. The lowest BCUT2D eigenvalue weighted by Gasteiger charge is -2.27. The topological polar surface area (TPSA) is 54.5 Å². The molecule has 1 N–H and O–H groups in total. The van der Waals surface area contributed by atoms with E-state index in [0.29, 0.717) is 12.1 Å². The highest BCUT2D eigenvalue weighted by Gasteiger charge is 2.29. The van der Waals surface area contributed by atoms with Crippen molar-refractivity contribution >= 4 is 11.6 Å². The molecule has 0 unspecified atom stereocenters. The van der Waals surface area contributed by atoms with E-state index in [1.807, 2.05) is 36.4 Å². The van der Waals surface area contributed by atoms with Gasteiger partial charge in [-0.3, -0.25) is 14.6 Å². The van der Waals surface area contributed by atoms with Crippen molar-refractivity contribution in [2.75, 3.05) is 12.4 Å². The molecule has 3 rings (SSSR count). The van der Waals surface area contributed by atoms with Crippen LogP contribution in [-0.4, -0.2) is 29.1 Å². The Labute approximate surface area is 142 Å². The first kappa shape index (κ1) is 16.5. The number of rotatable bonds is 6. The maximum absolute atomic E-state index is 12.9. The Bertz CT molecular complexity index is 669. The molecule has 1 fully saturated rings. The lowest BCUT2D eigenvalue weighted by atomic mass is 10.1. The minimum Gasteiger partial charge on any atom is -0.380 e. The maximum atomic E-state index is 12.9. The Morgan fingerprint density at radius 2 is 2.12 bits per heavy atom. The molecule has 5 heteroatoms. The fraction of sp³-hybridized carbons (Fsp3) is 0.368. The van der Waals surface area contributed by atoms with E-state index in [4.69, 9.17) is 4.84 Å². The van der Waals surface area contributed by atoms with Crippen molar-refractivity contribution < 1.29 is 9.63 Å². The molecular formula is C19H22N3O2. The molecule has 2 aromatic rings. The number of nitrogens with one attached hydrogen (secondary N) is 1. The van der Waals surface area contributed by atoms with Crippen LogP contribution in [0.5, 0.6) is 0 Å². The quantitative estimate of drug-likeness (QED) is 0.827. The highest BCUT2D eigenvalue weighted by Crippen LogP contribution is 2.27. The number of nitrogens with zero attached hydrogens (tertiary/aromatic N) is 2. The second kappa shape index (κ2) is 7.93. The van der Waals surface area contributed by atoms with Gasteiger partial charge in [-0.2, -0.15) is 0 Å². The number of aromatic nitrogens is 1. The number of hydrogen-bond acceptors (Lipinski definition) is 4. The number of hydroxylamine groups is 2. The van der Waals surface area contributed by atoms with Gasteiger partial charge in [-0.1, -0.05) is 25.0 Å². The zero-order valence-corrected chi connectivity index (χ0v) is 13.9. The van der Waals surface area contributed by atoms with E-state index in [2.05, 4.69) is 16.5 Å². The summed E-state index contributed by atoms with van der Waals surface area (Å²) < 4.78 is 0. The third-order valence-corrected chi connectivity index (χ3v) is 4.38. The van der Waals surface area contributed by atoms with Crippen molar-refractivity contribution in [3.8, 4) is 0 Å². The molecule has 1 saturated carbocycles. The van der Waals surface area contributed by atoms with Crippen LogP contribution in [0.4, 0.5) is 5.69 Å². The van der Waals surface area contributed by atoms with Crippen LogP contribution in [0.3, 0.4) is 0 Å². The molecule has 1 heterocycles. The molecule has 1 aliphatic rings. The van der Waals surface area contributed by atoms with E-state index in [1.165, 1.54) is 5.06 Å². The number of hydrogen-bond donors (Lipinski definition) is 1. The van der Waals surface area contributed by atoms with Gasteiger partial charge in [0.25, 0.3) is 5.91 Å². The van der Waals surface area contributed by atoms with E-state index in [0.717, 1.165) is 36.9 Å². The molecule has 1 amide bonds. The maximum Gasteiger partial charge on any atom is 0.279 e. The Kier molecular flexibility index (Phi) is 5.43. The summed E-state index contributed by atoms with van der Waals surface area (Å²) in [6.45, 7) is 0.611. The normalized spacial score (nSPS) is 14.5. The van der Waals surface area contributed by atoms with Gasteiger partial charge in [0.15, 0.2) is 0 Å². The molecule has 125 valence electrons. The summed E-state index contributed by atoms with van der Waals surface area (Å²) in [4.78, 5) is 22.2. The minimum absolute atomic E-state index is 0.0891. The lowest BCUT2D eigenvalue weighted by Crippen LogP contribution is -2.38. The first-order valence-corrected chi connectivity index (χ1v) is 8.31. The number of para-hydroxylation sites is 1. The molecule has 0 saturated heterocycles. The monoisotopic (exact) mass is 324 g/mol. The van der Waals surface area contributed by atoms with E-state index < -0.39 is 0 Å². The van der Waals surface area contributed by atoms with Gasteiger partial charge in [0.05, 0.1) is 24.9 Å². The summed E-state index contributed by atoms with van der Waals surface area (Å²) in [6.07, 6.45) is 8.83. The fourth-order valence-corrected chi connectivity index (χ4v) is 3.13. The van der Waals surface area contributed by atoms with Crippen molar-refractivity contribution in [2.24, 2.45) is 0 Å². The number of carbonyl (C=O) groups excluding carboxylic acids is 1. The highest BCUT2D eigenvalue weighted by molar-refractivity contribution is 5.99. The van der Waals surface area contributed by atoms with Gasteiger partial charge in [-0.25, -0.2) is 5.06 Å². The lowest BCUT2D eigenvalue weighted by molar-refractivity contribution is -0.121. The van der Waals surface area contributed by atoms with E-state index in [-0.39, 0.29) is 11.9 Å². The molecular weight excluding hydrogens is 302 g/mol. The summed E-state index contributed by atoms with van der Waals surface area (Å²) >= 11 is 0. The predicted molar refractivity (Wildman–Crippen MR) is 92.3 cm³/mol. The zero-order chi connectivity index (χ0) is 16.8. The van der Waals surface area contributed by atoms with Gasteiger partial charge in [0.1, 0.15) is 0 Å². The summed E-state index contributed by atoms with van der Waals surface area (Å²) in [6, 6.07) is 11.5. The van der Waals surface area contributed by atoms with Gasteiger partial charge in [-0.15, -0.1) is 0 Å². The third-order valence-electron chi connectivity index (χ3n) is 4.38. The number of amides is 1. The van der Waals surface area contributed by atoms with Crippen LogP contribution in [-0.2, 0) is 11.4 Å². The van der Waals surface area contributed by atoms with Crippen LogP contribution in [0.15, 0.2) is 42.6 Å². The van der Waals surface area contributed by atoms with Crippen LogP contribution in [0.25, 0.3) is 0 Å². The molecule has 1 aromatic carbocycles. The van der Waals surface area contributed by atoms with Crippen molar-refractivity contribution in [1.29, 1.82) is 0 Å². The number of benzene rings is 1. The number of pyridine rings is 1. The second-order valence-corrected chi connectivity index (χ2v) is 5.94. The van der Waals surface area contributed by atoms with Crippen LogP contribution < -0.4 is 5.32 Å². The molecule has 0 bridgehead atoms. The molecule has 0 atom stereocenters. The van der Waals surface area contributed by atoms with Crippen LogP contribution in [0.2, 0.25) is 0 Å². The van der Waals surface area contributed by atoms with Crippen LogP contribution in [0, 0.1) is 6.20 Å². The standard InChI is InChI=1S/C19H22N3O2/c1-24-22(16-6-2-3-7-16)19(23)17-8-4-5-9-18(17)21-14-15-10-12-20-13-11-15/h4-5,8-12,16,21H,2-3,6-7,14H2,1H3. The van der Waals surface area contributed by atoms with Crippen molar-refractivity contribution in [3.63, 3.8) is 0 Å². The Morgan fingerprint density at radius 1 is 1.33 bits per heavy atom. The van der Waals surface area contributed by atoms with Gasteiger partial charge < -0.3 is 5.32 Å². The van der Waals surface area contributed by atoms with Gasteiger partial charge in [0.2, 0.25) is 0 Å². The molecule has 0 aliphatic heterocycles. The van der Waals surface area contributed by atoms with Crippen LogP contribution in [0.1, 0.15) is 41.6 Å². The number of anilines is 1. The summed E-state index contributed by atoms with van der Waals surface area (Å²) in [5.41, 5.74) is 2.50. The van der Waals surface area contributed by atoms with Crippen molar-refractivity contribution in [3.05, 3.63) is 59.9 Å². The fourth-order valence-electron chi connectivity index (χ4n) is 3.13. The second-order valence-electron chi connectivity index (χ2n) is 5.94. The third kappa shape index (κ3) is 3.74. The van der Waals surface area contributed by atoms with Gasteiger partial charge >= 0.3 is 0 Å². The first-order valence-electron chi connectivity index (χ1n) is 8.31. The number of carbonyl (C=O) groups is 1. The molecule has 5 nitrogen and oxygen atoms in total. The molecule has 0 spiro atoms. The molecule has 1 radical (unpaired) electrons. The summed E-state index contributed by atoms with van der Waals surface area (Å²) in [7, 11) is 1.57. The SMILES string of the molecule is CON(C(=O)c1ccccc1NCc1c[c]ncc1)C1CCCC1. The van der Waals surface area contributed by atoms with E-state index in [9.17, 15) is 4.79 Å². The highest BCUT2D eigenvalue weighted by atomic mass is 16.7. The minimum atomic E-state index is -0.0891. The summed E-state index contributed by atoms with van der Waals surface area (Å²) in [5, 5.41) is 4.86. The first-order chi connectivity index (χ1) is 11.8.